The van der Waals surface area contributed by atoms with E-state index in [1.807, 2.05) is 0 Å². The highest BCUT2D eigenvalue weighted by atomic mass is 16.5. The molecule has 0 radical (unpaired) electrons. The molecule has 4 heteroatoms. The first-order valence-corrected chi connectivity index (χ1v) is 6.00. The van der Waals surface area contributed by atoms with Crippen LogP contribution in [-0.2, 0) is 19.1 Å². The van der Waals surface area contributed by atoms with E-state index in [1.54, 1.807) is 0 Å². The van der Waals surface area contributed by atoms with Gasteiger partial charge in [0, 0.05) is 0 Å². The highest BCUT2D eigenvalue weighted by Crippen LogP contribution is 2.53. The zero-order valence-corrected chi connectivity index (χ0v) is 10.4. The Morgan fingerprint density at radius 3 is 2.35 bits per heavy atom. The molecule has 0 aromatic heterocycles. The van der Waals surface area contributed by atoms with Crippen molar-refractivity contribution in [2.45, 2.75) is 19.8 Å². The second-order valence-corrected chi connectivity index (χ2v) is 4.70. The Bertz CT molecular complexity index is 372. The number of ether oxygens (including phenoxy) is 2. The number of hydrogen-bond donors (Lipinski definition) is 0. The molecule has 4 unspecified atom stereocenters. The minimum Gasteiger partial charge on any atom is -0.469 e. The fraction of sp³-hybridized carbons (Fsp3) is 0.692. The zero-order valence-electron chi connectivity index (χ0n) is 10.4. The molecular weight excluding hydrogens is 220 g/mol. The molecular formula is C13H18O4. The van der Waals surface area contributed by atoms with Crippen molar-refractivity contribution in [2.75, 3.05) is 14.2 Å². The maximum Gasteiger partial charge on any atom is 0.310 e. The minimum absolute atomic E-state index is 0.145. The summed E-state index contributed by atoms with van der Waals surface area (Å²) in [6.07, 6.45) is 3.96. The van der Waals surface area contributed by atoms with E-state index in [0.717, 1.165) is 12.8 Å². The van der Waals surface area contributed by atoms with E-state index < -0.39 is 0 Å². The average Bonchev–Trinajstić information content (AvgIpc) is 2.93. The lowest BCUT2D eigenvalue weighted by Gasteiger charge is -2.26. The maximum absolute atomic E-state index is 11.8. The molecule has 0 heterocycles. The Morgan fingerprint density at radius 1 is 1.24 bits per heavy atom. The summed E-state index contributed by atoms with van der Waals surface area (Å²) >= 11 is 0. The van der Waals surface area contributed by atoms with E-state index in [0.29, 0.717) is 0 Å². The number of hydrogen-bond acceptors (Lipinski definition) is 4. The summed E-state index contributed by atoms with van der Waals surface area (Å²) in [4.78, 5) is 23.6. The summed E-state index contributed by atoms with van der Waals surface area (Å²) in [6.45, 7) is 2.08. The second kappa shape index (κ2) is 4.51. The third-order valence-electron chi connectivity index (χ3n) is 4.07. The lowest BCUT2D eigenvalue weighted by Crippen LogP contribution is -2.35. The number of allylic oxidation sites excluding steroid dienone is 2. The first-order chi connectivity index (χ1) is 8.13. The molecule has 17 heavy (non-hydrogen) atoms. The van der Waals surface area contributed by atoms with Crippen molar-refractivity contribution in [2.24, 2.45) is 23.7 Å². The normalized spacial score (nSPS) is 34.4. The molecule has 0 N–H and O–H groups in total. The van der Waals surface area contributed by atoms with Crippen LogP contribution in [0.3, 0.4) is 0 Å². The van der Waals surface area contributed by atoms with Gasteiger partial charge >= 0.3 is 11.9 Å². The molecule has 4 atom stereocenters. The van der Waals surface area contributed by atoms with Crippen LogP contribution >= 0.6 is 0 Å². The largest absolute Gasteiger partial charge is 0.469 e. The van der Waals surface area contributed by atoms with Gasteiger partial charge in [-0.1, -0.05) is 18.6 Å². The number of rotatable bonds is 3. The summed E-state index contributed by atoms with van der Waals surface area (Å²) in [5.74, 6) is -0.968. The van der Waals surface area contributed by atoms with Crippen molar-refractivity contribution >= 4 is 11.9 Å². The molecule has 94 valence electrons. The summed E-state index contributed by atoms with van der Waals surface area (Å²) in [5.41, 5.74) is 1.28. The molecule has 2 aliphatic carbocycles. The van der Waals surface area contributed by atoms with Crippen LogP contribution in [0, 0.1) is 23.7 Å². The number of methoxy groups -OCH3 is 2. The maximum atomic E-state index is 11.8. The van der Waals surface area contributed by atoms with E-state index in [1.165, 1.54) is 19.8 Å². The Balaban J connectivity index is 2.30. The molecule has 0 saturated heterocycles. The zero-order chi connectivity index (χ0) is 12.6. The quantitative estimate of drug-likeness (QED) is 0.553. The Kier molecular flexibility index (Phi) is 3.22. The monoisotopic (exact) mass is 238 g/mol. The van der Waals surface area contributed by atoms with Crippen LogP contribution in [0.4, 0.5) is 0 Å². The van der Waals surface area contributed by atoms with Crippen molar-refractivity contribution in [1.82, 2.24) is 0 Å². The Morgan fingerprint density at radius 2 is 1.82 bits per heavy atom. The lowest BCUT2D eigenvalue weighted by atomic mass is 9.78. The van der Waals surface area contributed by atoms with Gasteiger partial charge in [-0.25, -0.2) is 0 Å². The van der Waals surface area contributed by atoms with E-state index in [9.17, 15) is 9.59 Å². The predicted molar refractivity (Wildman–Crippen MR) is 61.0 cm³/mol. The van der Waals surface area contributed by atoms with Gasteiger partial charge in [0.15, 0.2) is 0 Å². The highest BCUT2D eigenvalue weighted by molar-refractivity contribution is 5.84. The van der Waals surface area contributed by atoms with Gasteiger partial charge in [-0.2, -0.15) is 0 Å². The van der Waals surface area contributed by atoms with Gasteiger partial charge in [0.05, 0.1) is 26.1 Å². The molecule has 2 aliphatic rings. The molecule has 2 rings (SSSR count). The van der Waals surface area contributed by atoms with Gasteiger partial charge in [-0.15, -0.1) is 0 Å². The lowest BCUT2D eigenvalue weighted by molar-refractivity contribution is -0.158. The molecule has 1 saturated carbocycles. The topological polar surface area (TPSA) is 52.6 Å². The summed E-state index contributed by atoms with van der Waals surface area (Å²) in [6, 6.07) is 0. The van der Waals surface area contributed by atoms with E-state index >= 15 is 0 Å². The van der Waals surface area contributed by atoms with Crippen LogP contribution in [0.5, 0.6) is 0 Å². The van der Waals surface area contributed by atoms with Crippen molar-refractivity contribution in [3.63, 3.8) is 0 Å². The molecule has 0 aromatic carbocycles. The molecule has 0 amide bonds. The first-order valence-electron chi connectivity index (χ1n) is 6.00. The summed E-state index contributed by atoms with van der Waals surface area (Å²) < 4.78 is 9.64. The van der Waals surface area contributed by atoms with Crippen LogP contribution in [-0.4, -0.2) is 26.2 Å². The number of esters is 2. The Hall–Kier alpha value is -1.32. The molecule has 1 fully saturated rings. The standard InChI is InChI=1S/C13H18O4/c1-4-7-5-8-6-9(7)11(13(15)17-3)10(8)12(14)16-2/h5,8-11H,4,6H2,1-3H3. The van der Waals surface area contributed by atoms with Crippen LogP contribution in [0.25, 0.3) is 0 Å². The van der Waals surface area contributed by atoms with Crippen molar-refractivity contribution in [3.8, 4) is 0 Å². The van der Waals surface area contributed by atoms with Crippen molar-refractivity contribution in [1.29, 1.82) is 0 Å². The smallest absolute Gasteiger partial charge is 0.310 e. The highest BCUT2D eigenvalue weighted by Gasteiger charge is 2.55. The van der Waals surface area contributed by atoms with Crippen LogP contribution in [0.1, 0.15) is 19.8 Å². The first kappa shape index (κ1) is 12.1. The van der Waals surface area contributed by atoms with Crippen LogP contribution < -0.4 is 0 Å². The Labute approximate surface area is 101 Å². The second-order valence-electron chi connectivity index (χ2n) is 4.70. The van der Waals surface area contributed by atoms with Crippen LogP contribution in [0.2, 0.25) is 0 Å². The fourth-order valence-corrected chi connectivity index (χ4v) is 3.34. The molecule has 2 bridgehead atoms. The van der Waals surface area contributed by atoms with Gasteiger partial charge in [0.2, 0.25) is 0 Å². The van der Waals surface area contributed by atoms with Gasteiger partial charge in [-0.3, -0.25) is 9.59 Å². The van der Waals surface area contributed by atoms with E-state index in [4.69, 9.17) is 9.47 Å². The van der Waals surface area contributed by atoms with Crippen molar-refractivity contribution in [3.05, 3.63) is 11.6 Å². The molecule has 0 spiro atoms. The minimum atomic E-state index is -0.354. The number of fused-ring (bicyclic) bond motifs is 2. The predicted octanol–water partition coefficient (Wildman–Crippen LogP) is 1.55. The molecule has 4 nitrogen and oxygen atoms in total. The average molecular weight is 238 g/mol. The van der Waals surface area contributed by atoms with Gasteiger partial charge in [-0.05, 0) is 24.7 Å². The van der Waals surface area contributed by atoms with Crippen molar-refractivity contribution < 1.29 is 19.1 Å². The van der Waals surface area contributed by atoms with E-state index in [-0.39, 0.29) is 35.6 Å². The third-order valence-corrected chi connectivity index (χ3v) is 4.07. The number of carbonyl (C=O) groups is 2. The van der Waals surface area contributed by atoms with E-state index in [2.05, 4.69) is 13.0 Å². The molecule has 0 aliphatic heterocycles. The van der Waals surface area contributed by atoms with Gasteiger partial charge < -0.3 is 9.47 Å². The summed E-state index contributed by atoms with van der Waals surface area (Å²) in [7, 11) is 2.74. The number of carbonyl (C=O) groups excluding carboxylic acids is 2. The van der Waals surface area contributed by atoms with Gasteiger partial charge in [0.25, 0.3) is 0 Å². The molecule has 0 aromatic rings. The third kappa shape index (κ3) is 1.75. The SMILES string of the molecule is CCC1=CC2CC1C(C(=O)OC)C2C(=O)OC. The van der Waals surface area contributed by atoms with Crippen LogP contribution in [0.15, 0.2) is 11.6 Å². The summed E-state index contributed by atoms with van der Waals surface area (Å²) in [5, 5.41) is 0. The fourth-order valence-electron chi connectivity index (χ4n) is 3.34. The van der Waals surface area contributed by atoms with Gasteiger partial charge in [0.1, 0.15) is 0 Å².